The lowest BCUT2D eigenvalue weighted by Gasteiger charge is -2.20. The summed E-state index contributed by atoms with van der Waals surface area (Å²) in [4.78, 5) is 4.43. The molecule has 2 N–H and O–H groups in total. The number of amidine groups is 1. The number of hydrogen-bond donors (Lipinski definition) is 1. The van der Waals surface area contributed by atoms with Gasteiger partial charge in [-0.3, -0.25) is 0 Å². The van der Waals surface area contributed by atoms with Crippen LogP contribution in [0.5, 0.6) is 0 Å². The summed E-state index contributed by atoms with van der Waals surface area (Å²) in [5, 5.41) is 1.18. The monoisotopic (exact) mass is 270 g/mol. The van der Waals surface area contributed by atoms with Crippen molar-refractivity contribution >= 4 is 34.7 Å². The van der Waals surface area contributed by atoms with Crippen LogP contribution in [0.1, 0.15) is 32.1 Å². The largest absolute Gasteiger partial charge is 0.387 e. The lowest BCUT2D eigenvalue weighted by atomic mass is 9.88. The SMILES string of the molecule is NC(=Nc1cc(Cl)cc(Cl)c1)C1CCCCC1. The Morgan fingerprint density at radius 3 is 2.24 bits per heavy atom. The second-order valence-corrected chi connectivity index (χ2v) is 5.37. The van der Waals surface area contributed by atoms with Gasteiger partial charge in [-0.05, 0) is 31.0 Å². The first kappa shape index (κ1) is 12.7. The van der Waals surface area contributed by atoms with Crippen LogP contribution in [0, 0.1) is 5.92 Å². The van der Waals surface area contributed by atoms with Crippen LogP contribution >= 0.6 is 23.2 Å². The molecule has 92 valence electrons. The predicted octanol–water partition coefficient (Wildman–Crippen LogP) is 4.56. The molecule has 1 aliphatic rings. The van der Waals surface area contributed by atoms with E-state index in [2.05, 4.69) is 4.99 Å². The molecule has 17 heavy (non-hydrogen) atoms. The summed E-state index contributed by atoms with van der Waals surface area (Å²) >= 11 is 11.8. The molecular weight excluding hydrogens is 255 g/mol. The number of nitrogens with zero attached hydrogens (tertiary/aromatic N) is 1. The van der Waals surface area contributed by atoms with E-state index in [-0.39, 0.29) is 0 Å². The Morgan fingerprint density at radius 1 is 1.06 bits per heavy atom. The standard InChI is InChI=1S/C13H16Cl2N2/c14-10-6-11(15)8-12(7-10)17-13(16)9-4-2-1-3-5-9/h6-9H,1-5H2,(H2,16,17). The zero-order valence-electron chi connectivity index (χ0n) is 9.63. The number of nitrogens with two attached hydrogens (primary N) is 1. The van der Waals surface area contributed by atoms with Crippen molar-refractivity contribution < 1.29 is 0 Å². The molecule has 4 heteroatoms. The molecule has 0 aromatic heterocycles. The Morgan fingerprint density at radius 2 is 1.65 bits per heavy atom. The number of hydrogen-bond acceptors (Lipinski definition) is 1. The van der Waals surface area contributed by atoms with E-state index in [1.807, 2.05) is 0 Å². The average Bonchev–Trinajstić information content (AvgIpc) is 2.28. The van der Waals surface area contributed by atoms with Crippen molar-refractivity contribution in [3.05, 3.63) is 28.2 Å². The molecule has 1 aromatic carbocycles. The van der Waals surface area contributed by atoms with Crippen molar-refractivity contribution in [3.8, 4) is 0 Å². The molecule has 0 aliphatic heterocycles. The van der Waals surface area contributed by atoms with Gasteiger partial charge in [-0.1, -0.05) is 42.5 Å². The molecule has 0 heterocycles. The molecule has 1 saturated carbocycles. The first-order chi connectivity index (χ1) is 8.15. The van der Waals surface area contributed by atoms with E-state index in [0.29, 0.717) is 21.8 Å². The van der Waals surface area contributed by atoms with Crippen molar-refractivity contribution in [2.24, 2.45) is 16.6 Å². The van der Waals surface area contributed by atoms with Crippen LogP contribution in [-0.2, 0) is 0 Å². The minimum Gasteiger partial charge on any atom is -0.387 e. The van der Waals surface area contributed by atoms with Crippen molar-refractivity contribution in [3.63, 3.8) is 0 Å². The van der Waals surface area contributed by atoms with Crippen molar-refractivity contribution in [1.29, 1.82) is 0 Å². The molecule has 0 bridgehead atoms. The molecule has 0 radical (unpaired) electrons. The van der Waals surface area contributed by atoms with E-state index in [1.165, 1.54) is 19.3 Å². The Bertz CT molecular complexity index is 403. The predicted molar refractivity (Wildman–Crippen MR) is 74.3 cm³/mol. The fraction of sp³-hybridized carbons (Fsp3) is 0.462. The average molecular weight is 271 g/mol. The second-order valence-electron chi connectivity index (χ2n) is 4.50. The molecule has 2 rings (SSSR count). The van der Waals surface area contributed by atoms with Gasteiger partial charge in [-0.2, -0.15) is 0 Å². The summed E-state index contributed by atoms with van der Waals surface area (Å²) in [6.07, 6.45) is 6.09. The van der Waals surface area contributed by atoms with E-state index >= 15 is 0 Å². The van der Waals surface area contributed by atoms with Crippen LogP contribution in [0.4, 0.5) is 5.69 Å². The molecule has 0 spiro atoms. The van der Waals surface area contributed by atoms with Gasteiger partial charge in [0.05, 0.1) is 5.69 Å². The molecule has 1 aromatic rings. The summed E-state index contributed by atoms with van der Waals surface area (Å²) in [6, 6.07) is 5.26. The first-order valence-electron chi connectivity index (χ1n) is 5.95. The first-order valence-corrected chi connectivity index (χ1v) is 6.71. The maximum Gasteiger partial charge on any atom is 0.103 e. The summed E-state index contributed by atoms with van der Waals surface area (Å²) in [6.45, 7) is 0. The Labute approximate surface area is 112 Å². The van der Waals surface area contributed by atoms with E-state index in [4.69, 9.17) is 28.9 Å². The molecular formula is C13H16Cl2N2. The number of aliphatic imine (C=N–C) groups is 1. The highest BCUT2D eigenvalue weighted by atomic mass is 35.5. The van der Waals surface area contributed by atoms with Gasteiger partial charge in [0.1, 0.15) is 5.84 Å². The number of halogens is 2. The van der Waals surface area contributed by atoms with Gasteiger partial charge in [0.2, 0.25) is 0 Å². The van der Waals surface area contributed by atoms with Crippen LogP contribution in [0.3, 0.4) is 0 Å². The maximum absolute atomic E-state index is 6.04. The van der Waals surface area contributed by atoms with E-state index in [9.17, 15) is 0 Å². The minimum absolute atomic E-state index is 0.418. The maximum atomic E-state index is 6.04. The zero-order chi connectivity index (χ0) is 12.3. The molecule has 0 unspecified atom stereocenters. The lowest BCUT2D eigenvalue weighted by molar-refractivity contribution is 0.437. The smallest absolute Gasteiger partial charge is 0.103 e. The van der Waals surface area contributed by atoms with Crippen LogP contribution in [0.15, 0.2) is 23.2 Å². The summed E-state index contributed by atoms with van der Waals surface area (Å²) < 4.78 is 0. The van der Waals surface area contributed by atoms with Crippen molar-refractivity contribution in [2.75, 3.05) is 0 Å². The fourth-order valence-corrected chi connectivity index (χ4v) is 2.76. The normalized spacial score (nSPS) is 18.4. The fourth-order valence-electron chi connectivity index (χ4n) is 2.24. The minimum atomic E-state index is 0.418. The third-order valence-corrected chi connectivity index (χ3v) is 3.57. The van der Waals surface area contributed by atoms with Crippen molar-refractivity contribution in [1.82, 2.24) is 0 Å². The van der Waals surface area contributed by atoms with Crippen molar-refractivity contribution in [2.45, 2.75) is 32.1 Å². The van der Waals surface area contributed by atoms with E-state index < -0.39 is 0 Å². The summed E-state index contributed by atoms with van der Waals surface area (Å²) in [5.74, 6) is 1.13. The zero-order valence-corrected chi connectivity index (χ0v) is 11.1. The highest BCUT2D eigenvalue weighted by Gasteiger charge is 2.16. The van der Waals surface area contributed by atoms with E-state index in [1.54, 1.807) is 18.2 Å². The lowest BCUT2D eigenvalue weighted by Crippen LogP contribution is -2.25. The summed E-state index contributed by atoms with van der Waals surface area (Å²) in [7, 11) is 0. The van der Waals surface area contributed by atoms with Gasteiger partial charge >= 0.3 is 0 Å². The molecule has 1 fully saturated rings. The number of benzene rings is 1. The van der Waals surface area contributed by atoms with Gasteiger partial charge in [-0.15, -0.1) is 0 Å². The summed E-state index contributed by atoms with van der Waals surface area (Å²) in [5.41, 5.74) is 6.79. The molecule has 0 saturated heterocycles. The third kappa shape index (κ3) is 3.62. The Balaban J connectivity index is 2.16. The van der Waals surface area contributed by atoms with E-state index in [0.717, 1.165) is 18.5 Å². The van der Waals surface area contributed by atoms with Gasteiger partial charge < -0.3 is 5.73 Å². The number of rotatable bonds is 2. The van der Waals surface area contributed by atoms with Gasteiger partial charge in [0, 0.05) is 16.0 Å². The highest BCUT2D eigenvalue weighted by Crippen LogP contribution is 2.27. The van der Waals surface area contributed by atoms with Gasteiger partial charge in [0.25, 0.3) is 0 Å². The van der Waals surface area contributed by atoms with Crippen LogP contribution in [0.2, 0.25) is 10.0 Å². The molecule has 0 amide bonds. The Kier molecular flexibility index (Phi) is 4.30. The van der Waals surface area contributed by atoms with Crippen LogP contribution < -0.4 is 5.73 Å². The third-order valence-electron chi connectivity index (χ3n) is 3.13. The second kappa shape index (κ2) is 5.74. The topological polar surface area (TPSA) is 38.4 Å². The molecule has 1 aliphatic carbocycles. The Hall–Kier alpha value is -0.730. The highest BCUT2D eigenvalue weighted by molar-refractivity contribution is 6.35. The quantitative estimate of drug-likeness (QED) is 0.621. The van der Waals surface area contributed by atoms with Gasteiger partial charge in [-0.25, -0.2) is 4.99 Å². The van der Waals surface area contributed by atoms with Gasteiger partial charge in [0.15, 0.2) is 0 Å². The molecule has 0 atom stereocenters. The van der Waals surface area contributed by atoms with Crippen LogP contribution in [-0.4, -0.2) is 5.84 Å². The van der Waals surface area contributed by atoms with Crippen LogP contribution in [0.25, 0.3) is 0 Å². The molecule has 2 nitrogen and oxygen atoms in total.